The van der Waals surface area contributed by atoms with Gasteiger partial charge < -0.3 is 10.1 Å². The van der Waals surface area contributed by atoms with Gasteiger partial charge in [0.05, 0.1) is 10.5 Å². The molecule has 1 aromatic carbocycles. The number of anilines is 1. The Morgan fingerprint density at radius 3 is 2.41 bits per heavy atom. The summed E-state index contributed by atoms with van der Waals surface area (Å²) in [6.45, 7) is 0. The van der Waals surface area contributed by atoms with Crippen LogP contribution >= 0.6 is 23.2 Å². The minimum Gasteiger partial charge on any atom is -0.432 e. The predicted molar refractivity (Wildman–Crippen MR) is 70.3 cm³/mol. The van der Waals surface area contributed by atoms with E-state index in [1.165, 1.54) is 0 Å². The van der Waals surface area contributed by atoms with Gasteiger partial charge in [-0.25, -0.2) is 4.79 Å². The summed E-state index contributed by atoms with van der Waals surface area (Å²) >= 11 is 11.2. The number of hydrogen-bond donors (Lipinski definition) is 1. The zero-order valence-electron chi connectivity index (χ0n) is 10.3. The third-order valence-corrected chi connectivity index (χ3v) is 3.49. The van der Waals surface area contributed by atoms with E-state index in [0.717, 1.165) is 6.07 Å². The number of alkyl halides is 3. The van der Waals surface area contributed by atoms with Gasteiger partial charge in [-0.05, 0) is 12.1 Å². The first-order chi connectivity index (χ1) is 10.1. The number of benzene rings is 1. The highest BCUT2D eigenvalue weighted by Gasteiger charge is 2.36. The van der Waals surface area contributed by atoms with Gasteiger partial charge in [0.1, 0.15) is 15.8 Å². The highest BCUT2D eigenvalue weighted by atomic mass is 35.5. The van der Waals surface area contributed by atoms with Crippen LogP contribution in [0.4, 0.5) is 24.5 Å². The lowest BCUT2D eigenvalue weighted by Crippen LogP contribution is -2.21. The fourth-order valence-corrected chi connectivity index (χ4v) is 1.96. The highest BCUT2D eigenvalue weighted by Crippen LogP contribution is 2.37. The zero-order valence-corrected chi connectivity index (χ0v) is 11.8. The molecule has 1 aliphatic heterocycles. The summed E-state index contributed by atoms with van der Waals surface area (Å²) in [5.74, 6) is -0.946. The lowest BCUT2D eigenvalue weighted by molar-refractivity contribution is -0.384. The van der Waals surface area contributed by atoms with E-state index in [2.05, 4.69) is 10.1 Å². The van der Waals surface area contributed by atoms with Crippen molar-refractivity contribution in [2.24, 2.45) is 0 Å². The number of carbonyl (C=O) groups is 1. The maximum Gasteiger partial charge on any atom is 0.416 e. The molecule has 0 saturated heterocycles. The quantitative estimate of drug-likeness (QED) is 0.508. The number of rotatable bonds is 3. The monoisotopic (exact) mass is 356 g/mol. The first-order valence-corrected chi connectivity index (χ1v) is 6.25. The maximum atomic E-state index is 12.6. The summed E-state index contributed by atoms with van der Waals surface area (Å²) in [7, 11) is 0. The summed E-state index contributed by atoms with van der Waals surface area (Å²) in [4.78, 5) is 21.1. The van der Waals surface area contributed by atoms with Gasteiger partial charge in [0.2, 0.25) is 6.23 Å². The Kier molecular flexibility index (Phi) is 4.21. The average Bonchev–Trinajstić information content (AvgIpc) is 2.65. The summed E-state index contributed by atoms with van der Waals surface area (Å²) in [5.41, 5.74) is -2.34. The van der Waals surface area contributed by atoms with Crippen molar-refractivity contribution < 1.29 is 27.6 Å². The molecule has 0 bridgehead atoms. The Morgan fingerprint density at radius 1 is 1.32 bits per heavy atom. The van der Waals surface area contributed by atoms with E-state index in [1.54, 1.807) is 0 Å². The largest absolute Gasteiger partial charge is 0.432 e. The van der Waals surface area contributed by atoms with E-state index in [4.69, 9.17) is 23.2 Å². The number of nitrogens with zero attached hydrogens (tertiary/aromatic N) is 1. The molecule has 0 unspecified atom stereocenters. The van der Waals surface area contributed by atoms with Gasteiger partial charge in [-0.15, -0.1) is 0 Å². The Hall–Kier alpha value is -2.00. The molecular formula is C11H5Cl2F3N2O4. The molecule has 1 aromatic rings. The minimum atomic E-state index is -4.73. The number of carbonyl (C=O) groups excluding carboxylic acids is 1. The van der Waals surface area contributed by atoms with E-state index in [-0.39, 0.29) is 10.7 Å². The molecule has 1 N–H and O–H groups in total. The molecule has 0 saturated carbocycles. The van der Waals surface area contributed by atoms with Gasteiger partial charge in [-0.2, -0.15) is 13.2 Å². The van der Waals surface area contributed by atoms with Gasteiger partial charge in [-0.3, -0.25) is 10.1 Å². The van der Waals surface area contributed by atoms with Crippen LogP contribution in [0, 0.1) is 10.1 Å². The van der Waals surface area contributed by atoms with Crippen molar-refractivity contribution in [2.45, 2.75) is 12.4 Å². The fraction of sp³-hybridized carbons (Fsp3) is 0.182. The van der Waals surface area contributed by atoms with Gasteiger partial charge in [0.15, 0.2) is 0 Å². The van der Waals surface area contributed by atoms with Gasteiger partial charge in [0.25, 0.3) is 5.69 Å². The highest BCUT2D eigenvalue weighted by molar-refractivity contribution is 6.48. The number of cyclic esters (lactones) is 1. The average molecular weight is 357 g/mol. The minimum absolute atomic E-state index is 0.249. The fourth-order valence-electron chi connectivity index (χ4n) is 1.64. The molecule has 0 amide bonds. The van der Waals surface area contributed by atoms with E-state index in [9.17, 15) is 28.1 Å². The Balaban J connectivity index is 2.36. The number of ether oxygens (including phenoxy) is 1. The molecule has 22 heavy (non-hydrogen) atoms. The van der Waals surface area contributed by atoms with Gasteiger partial charge >= 0.3 is 12.1 Å². The van der Waals surface area contributed by atoms with Crippen LogP contribution in [0.25, 0.3) is 0 Å². The third kappa shape index (κ3) is 3.09. The number of nitrogens with one attached hydrogen (secondary N) is 1. The second-order valence-corrected chi connectivity index (χ2v) is 4.86. The maximum absolute atomic E-state index is 12.6. The molecule has 2 rings (SSSR count). The molecule has 0 aromatic heterocycles. The topological polar surface area (TPSA) is 81.5 Å². The van der Waals surface area contributed by atoms with Crippen LogP contribution in [0.5, 0.6) is 0 Å². The van der Waals surface area contributed by atoms with Crippen LogP contribution < -0.4 is 5.32 Å². The number of nitro benzene ring substituents is 1. The molecule has 6 nitrogen and oxygen atoms in total. The molecule has 0 spiro atoms. The van der Waals surface area contributed by atoms with Crippen LogP contribution in [0.3, 0.4) is 0 Å². The van der Waals surface area contributed by atoms with Crippen molar-refractivity contribution in [3.8, 4) is 0 Å². The molecular weight excluding hydrogens is 352 g/mol. The number of nitro groups is 1. The molecule has 118 valence electrons. The van der Waals surface area contributed by atoms with E-state index in [0.29, 0.717) is 12.1 Å². The van der Waals surface area contributed by atoms with Crippen molar-refractivity contribution in [2.75, 3.05) is 5.32 Å². The number of esters is 1. The first kappa shape index (κ1) is 16.4. The van der Waals surface area contributed by atoms with Gasteiger partial charge in [-0.1, -0.05) is 23.2 Å². The second kappa shape index (κ2) is 5.65. The molecule has 1 aliphatic rings. The summed E-state index contributed by atoms with van der Waals surface area (Å²) in [6, 6.07) is 1.84. The predicted octanol–water partition coefficient (Wildman–Crippen LogP) is 3.60. The van der Waals surface area contributed by atoms with Crippen molar-refractivity contribution in [1.82, 2.24) is 0 Å². The van der Waals surface area contributed by atoms with Crippen LogP contribution in [0.1, 0.15) is 5.56 Å². The smallest absolute Gasteiger partial charge is 0.416 e. The van der Waals surface area contributed by atoms with Crippen LogP contribution in [-0.2, 0) is 15.7 Å². The summed E-state index contributed by atoms with van der Waals surface area (Å²) < 4.78 is 42.4. The van der Waals surface area contributed by atoms with Crippen LogP contribution in [0.15, 0.2) is 28.3 Å². The molecule has 1 heterocycles. The second-order valence-electron chi connectivity index (χ2n) is 4.08. The zero-order chi connectivity index (χ0) is 16.7. The normalized spacial score (nSPS) is 18.4. The van der Waals surface area contributed by atoms with Crippen LogP contribution in [-0.4, -0.2) is 17.1 Å². The van der Waals surface area contributed by atoms with E-state index >= 15 is 0 Å². The summed E-state index contributed by atoms with van der Waals surface area (Å²) in [6.07, 6.45) is -6.04. The Morgan fingerprint density at radius 2 is 1.95 bits per heavy atom. The standard InChI is InChI=1S/C11H5Cl2F3N2O4/c12-7-8(13)10(19)22-9(7)17-5-2-1-4(11(14,15)16)3-6(5)18(20)21/h1-3,9,17H/t9-/m1/s1. The number of halogens is 5. The molecule has 11 heteroatoms. The third-order valence-electron chi connectivity index (χ3n) is 2.65. The van der Waals surface area contributed by atoms with E-state index < -0.39 is 39.6 Å². The molecule has 0 radical (unpaired) electrons. The molecule has 1 atom stereocenters. The van der Waals surface area contributed by atoms with Gasteiger partial charge in [0, 0.05) is 6.07 Å². The molecule has 0 fully saturated rings. The Bertz CT molecular complexity index is 690. The Labute approximate surface area is 130 Å². The summed E-state index contributed by atoms with van der Waals surface area (Å²) in [5, 5.41) is 12.6. The van der Waals surface area contributed by atoms with Crippen molar-refractivity contribution in [3.63, 3.8) is 0 Å². The van der Waals surface area contributed by atoms with Crippen LogP contribution in [0.2, 0.25) is 0 Å². The molecule has 0 aliphatic carbocycles. The van der Waals surface area contributed by atoms with Crippen molar-refractivity contribution in [3.05, 3.63) is 43.9 Å². The first-order valence-electron chi connectivity index (χ1n) is 5.49. The van der Waals surface area contributed by atoms with Crippen molar-refractivity contribution in [1.29, 1.82) is 0 Å². The lowest BCUT2D eigenvalue weighted by atomic mass is 10.1. The van der Waals surface area contributed by atoms with Crippen molar-refractivity contribution >= 4 is 40.5 Å². The number of hydrogen-bond acceptors (Lipinski definition) is 5. The lowest BCUT2D eigenvalue weighted by Gasteiger charge is -2.15. The van der Waals surface area contributed by atoms with E-state index in [1.807, 2.05) is 0 Å². The SMILES string of the molecule is O=C1O[C@@H](Nc2ccc(C(F)(F)F)cc2[N+](=O)[O-])C(Cl)=C1Cl.